The lowest BCUT2D eigenvalue weighted by atomic mass is 9.81. The van der Waals surface area contributed by atoms with E-state index >= 15 is 0 Å². The van der Waals surface area contributed by atoms with Gasteiger partial charge in [0.15, 0.2) is 0 Å². The molecule has 0 saturated heterocycles. The maximum Gasteiger partial charge on any atom is 0.139 e. The molecule has 1 rings (SSSR count). The Hall–Kier alpha value is -1.18. The second-order valence-electron chi connectivity index (χ2n) is 3.69. The summed E-state index contributed by atoms with van der Waals surface area (Å²) in [6.07, 6.45) is 0. The molecule has 0 bridgehead atoms. The average Bonchev–Trinajstić information content (AvgIpc) is 2.04. The molecule has 1 aromatic carbocycles. The summed E-state index contributed by atoms with van der Waals surface area (Å²) in [6.45, 7) is 5.22. The zero-order valence-corrected chi connectivity index (χ0v) is 8.10. The Bertz CT molecular complexity index is 311. The van der Waals surface area contributed by atoms with E-state index in [9.17, 15) is 9.18 Å². The molecule has 0 atom stereocenters. The number of carbonyl (C=O) groups is 1. The summed E-state index contributed by atoms with van der Waals surface area (Å²) in [5.41, 5.74) is 0.328. The van der Waals surface area contributed by atoms with Crippen LogP contribution in [0.3, 0.4) is 0 Å². The zero-order valence-electron chi connectivity index (χ0n) is 8.10. The number of hydrogen-bond donors (Lipinski definition) is 0. The van der Waals surface area contributed by atoms with Crippen LogP contribution in [-0.4, -0.2) is 5.78 Å². The van der Waals surface area contributed by atoms with Crippen LogP contribution in [0.5, 0.6) is 0 Å². The van der Waals surface area contributed by atoms with E-state index in [2.05, 4.69) is 0 Å². The number of carbonyl (C=O) groups excluding carboxylic acids is 1. The summed E-state index contributed by atoms with van der Waals surface area (Å²) in [6, 6.07) is 6.05. The maximum atomic E-state index is 12.6. The van der Waals surface area contributed by atoms with Crippen molar-refractivity contribution in [3.8, 4) is 0 Å². The summed E-state index contributed by atoms with van der Waals surface area (Å²) < 4.78 is 12.6. The SMILES string of the molecule is CC(=O)C(C)(C)c1ccc(F)cc1. The summed E-state index contributed by atoms with van der Waals surface area (Å²) in [7, 11) is 0. The van der Waals surface area contributed by atoms with Crippen LogP contribution < -0.4 is 0 Å². The Morgan fingerprint density at radius 1 is 1.23 bits per heavy atom. The van der Waals surface area contributed by atoms with Gasteiger partial charge in [0.25, 0.3) is 0 Å². The first kappa shape index (κ1) is 9.90. The van der Waals surface area contributed by atoms with E-state index in [0.29, 0.717) is 0 Å². The van der Waals surface area contributed by atoms with Crippen LogP contribution in [0.2, 0.25) is 0 Å². The summed E-state index contributed by atoms with van der Waals surface area (Å²) >= 11 is 0. The number of halogens is 1. The Morgan fingerprint density at radius 2 is 1.69 bits per heavy atom. The minimum Gasteiger partial charge on any atom is -0.299 e. The maximum absolute atomic E-state index is 12.6. The van der Waals surface area contributed by atoms with Crippen molar-refractivity contribution in [1.82, 2.24) is 0 Å². The van der Waals surface area contributed by atoms with Gasteiger partial charge in [0, 0.05) is 5.41 Å². The van der Waals surface area contributed by atoms with Gasteiger partial charge in [-0.2, -0.15) is 0 Å². The number of ketones is 1. The van der Waals surface area contributed by atoms with Crippen LogP contribution in [0, 0.1) is 5.82 Å². The molecule has 0 aromatic heterocycles. The molecule has 0 unspecified atom stereocenters. The highest BCUT2D eigenvalue weighted by molar-refractivity contribution is 5.87. The van der Waals surface area contributed by atoms with Gasteiger partial charge in [0.2, 0.25) is 0 Å². The Balaban J connectivity index is 3.08. The van der Waals surface area contributed by atoms with Crippen molar-refractivity contribution in [3.05, 3.63) is 35.6 Å². The molecule has 0 aliphatic carbocycles. The standard InChI is InChI=1S/C11H13FO/c1-8(13)11(2,3)9-4-6-10(12)7-5-9/h4-7H,1-3H3. The molecule has 0 saturated carbocycles. The third kappa shape index (κ3) is 1.94. The van der Waals surface area contributed by atoms with E-state index in [1.807, 2.05) is 13.8 Å². The molecule has 0 aliphatic rings. The van der Waals surface area contributed by atoms with Gasteiger partial charge in [-0.15, -0.1) is 0 Å². The molecule has 13 heavy (non-hydrogen) atoms. The van der Waals surface area contributed by atoms with Gasteiger partial charge in [0.1, 0.15) is 11.6 Å². The fourth-order valence-corrected chi connectivity index (χ4v) is 1.07. The van der Waals surface area contributed by atoms with Crippen molar-refractivity contribution in [2.24, 2.45) is 0 Å². The molecule has 0 N–H and O–H groups in total. The number of benzene rings is 1. The highest BCUT2D eigenvalue weighted by Crippen LogP contribution is 2.23. The van der Waals surface area contributed by atoms with Crippen LogP contribution in [0.25, 0.3) is 0 Å². The molecule has 0 aliphatic heterocycles. The lowest BCUT2D eigenvalue weighted by Gasteiger charge is -2.21. The summed E-state index contributed by atoms with van der Waals surface area (Å²) in [4.78, 5) is 11.3. The quantitative estimate of drug-likeness (QED) is 0.683. The van der Waals surface area contributed by atoms with Gasteiger partial charge >= 0.3 is 0 Å². The molecule has 1 nitrogen and oxygen atoms in total. The minimum atomic E-state index is -0.520. The predicted molar refractivity (Wildman–Crippen MR) is 50.1 cm³/mol. The van der Waals surface area contributed by atoms with Crippen molar-refractivity contribution in [3.63, 3.8) is 0 Å². The van der Waals surface area contributed by atoms with Crippen molar-refractivity contribution in [2.45, 2.75) is 26.2 Å². The van der Waals surface area contributed by atoms with Crippen LogP contribution >= 0.6 is 0 Å². The monoisotopic (exact) mass is 180 g/mol. The second-order valence-corrected chi connectivity index (χ2v) is 3.69. The van der Waals surface area contributed by atoms with E-state index in [1.165, 1.54) is 12.1 Å². The van der Waals surface area contributed by atoms with E-state index in [1.54, 1.807) is 19.1 Å². The third-order valence-electron chi connectivity index (χ3n) is 2.45. The first-order chi connectivity index (χ1) is 5.94. The molecule has 0 amide bonds. The van der Waals surface area contributed by atoms with Crippen LogP contribution in [0.15, 0.2) is 24.3 Å². The van der Waals surface area contributed by atoms with Crippen LogP contribution in [0.1, 0.15) is 26.3 Å². The molecule has 0 radical (unpaired) electrons. The molecular formula is C11H13FO. The summed E-state index contributed by atoms with van der Waals surface area (Å²) in [5.74, 6) is -0.192. The number of Topliss-reactive ketones (excluding diaryl/α,β-unsaturated/α-hetero) is 1. The third-order valence-corrected chi connectivity index (χ3v) is 2.45. The van der Waals surface area contributed by atoms with Crippen LogP contribution in [0.4, 0.5) is 4.39 Å². The Kier molecular flexibility index (Phi) is 2.50. The Morgan fingerprint density at radius 3 is 2.08 bits per heavy atom. The topological polar surface area (TPSA) is 17.1 Å². The molecule has 2 heteroatoms. The number of rotatable bonds is 2. The van der Waals surface area contributed by atoms with Gasteiger partial charge < -0.3 is 0 Å². The molecule has 0 heterocycles. The van der Waals surface area contributed by atoms with Gasteiger partial charge in [-0.25, -0.2) is 4.39 Å². The predicted octanol–water partition coefficient (Wildman–Crippen LogP) is 2.69. The second kappa shape index (κ2) is 3.29. The fraction of sp³-hybridized carbons (Fsp3) is 0.364. The Labute approximate surface area is 77.6 Å². The molecule has 0 spiro atoms. The number of hydrogen-bond acceptors (Lipinski definition) is 1. The van der Waals surface area contributed by atoms with Crippen molar-refractivity contribution < 1.29 is 9.18 Å². The average molecular weight is 180 g/mol. The normalized spacial score (nSPS) is 11.4. The first-order valence-corrected chi connectivity index (χ1v) is 4.21. The summed E-state index contributed by atoms with van der Waals surface area (Å²) in [5, 5.41) is 0. The molecular weight excluding hydrogens is 167 g/mol. The lowest BCUT2D eigenvalue weighted by Crippen LogP contribution is -2.26. The van der Waals surface area contributed by atoms with E-state index < -0.39 is 5.41 Å². The lowest BCUT2D eigenvalue weighted by molar-refractivity contribution is -0.121. The van der Waals surface area contributed by atoms with Crippen LogP contribution in [-0.2, 0) is 10.2 Å². The molecule has 0 fully saturated rings. The van der Waals surface area contributed by atoms with E-state index in [-0.39, 0.29) is 11.6 Å². The highest BCUT2D eigenvalue weighted by Gasteiger charge is 2.25. The van der Waals surface area contributed by atoms with Gasteiger partial charge in [-0.3, -0.25) is 4.79 Å². The van der Waals surface area contributed by atoms with E-state index in [4.69, 9.17) is 0 Å². The fourth-order valence-electron chi connectivity index (χ4n) is 1.07. The molecule has 1 aromatic rings. The van der Waals surface area contributed by atoms with Gasteiger partial charge in [-0.05, 0) is 38.5 Å². The van der Waals surface area contributed by atoms with E-state index in [0.717, 1.165) is 5.56 Å². The highest BCUT2D eigenvalue weighted by atomic mass is 19.1. The first-order valence-electron chi connectivity index (χ1n) is 4.21. The van der Waals surface area contributed by atoms with Gasteiger partial charge in [-0.1, -0.05) is 12.1 Å². The smallest absolute Gasteiger partial charge is 0.139 e. The largest absolute Gasteiger partial charge is 0.299 e. The van der Waals surface area contributed by atoms with Crippen molar-refractivity contribution in [2.75, 3.05) is 0 Å². The van der Waals surface area contributed by atoms with Crippen molar-refractivity contribution in [1.29, 1.82) is 0 Å². The van der Waals surface area contributed by atoms with Crippen molar-refractivity contribution >= 4 is 5.78 Å². The minimum absolute atomic E-state index is 0.0825. The zero-order chi connectivity index (χ0) is 10.1. The van der Waals surface area contributed by atoms with Gasteiger partial charge in [0.05, 0.1) is 0 Å². The molecule has 70 valence electrons.